The number of nitrogens with zero attached hydrogens (tertiary/aromatic N) is 2. The summed E-state index contributed by atoms with van der Waals surface area (Å²) in [6.45, 7) is 8.66. The molecule has 0 atom stereocenters. The normalized spacial score (nSPS) is 17.1. The first-order valence-electron chi connectivity index (χ1n) is 7.51. The first kappa shape index (κ1) is 15.0. The summed E-state index contributed by atoms with van der Waals surface area (Å²) in [4.78, 5) is 27.8. The van der Waals surface area contributed by atoms with Crippen molar-refractivity contribution in [1.82, 2.24) is 4.90 Å². The summed E-state index contributed by atoms with van der Waals surface area (Å²) in [6, 6.07) is 0. The minimum Gasteiger partial charge on any atom is -0.380 e. The Morgan fingerprint density at radius 3 is 2.40 bits per heavy atom. The van der Waals surface area contributed by atoms with Gasteiger partial charge in [-0.25, -0.2) is 0 Å². The number of piperazine rings is 1. The van der Waals surface area contributed by atoms with Crippen LogP contribution in [-0.2, 0) is 0 Å². The van der Waals surface area contributed by atoms with Crippen LogP contribution in [0.4, 0.5) is 11.4 Å². The maximum Gasteiger partial charge on any atom is 0.253 e. The van der Waals surface area contributed by atoms with Crippen LogP contribution in [0.25, 0.3) is 0 Å². The first-order chi connectivity index (χ1) is 9.50. The summed E-state index contributed by atoms with van der Waals surface area (Å²) in [5.41, 5.74) is 0.500. The summed E-state index contributed by atoms with van der Waals surface area (Å²) in [6.07, 6.45) is 2.16. The van der Waals surface area contributed by atoms with Crippen LogP contribution >= 0.6 is 0 Å². The molecule has 0 radical (unpaired) electrons. The van der Waals surface area contributed by atoms with Crippen LogP contribution in [-0.4, -0.2) is 44.7 Å². The smallest absolute Gasteiger partial charge is 0.253 e. The Labute approximate surface area is 121 Å². The van der Waals surface area contributed by atoms with E-state index in [4.69, 9.17) is 0 Å². The lowest BCUT2D eigenvalue weighted by Gasteiger charge is -2.35. The highest BCUT2D eigenvalue weighted by Gasteiger charge is 2.27. The van der Waals surface area contributed by atoms with E-state index in [2.05, 4.69) is 36.0 Å². The van der Waals surface area contributed by atoms with Gasteiger partial charge in [-0.05, 0) is 25.8 Å². The lowest BCUT2D eigenvalue weighted by Crippen LogP contribution is -2.50. The second-order valence-electron chi connectivity index (χ2n) is 6.14. The molecule has 2 rings (SSSR count). The van der Waals surface area contributed by atoms with Gasteiger partial charge in [-0.3, -0.25) is 9.59 Å². The van der Waals surface area contributed by atoms with Crippen molar-refractivity contribution in [2.75, 3.05) is 50.0 Å². The van der Waals surface area contributed by atoms with Gasteiger partial charge in [0, 0.05) is 34.2 Å². The van der Waals surface area contributed by atoms with Crippen molar-refractivity contribution in [3.8, 4) is 0 Å². The Balaban J connectivity index is 0.00000220. The van der Waals surface area contributed by atoms with Gasteiger partial charge < -0.3 is 15.1 Å². The van der Waals surface area contributed by atoms with E-state index in [0.29, 0.717) is 17.3 Å². The van der Waals surface area contributed by atoms with Gasteiger partial charge >= 0.3 is 0 Å². The monoisotopic (exact) mass is 281 g/mol. The van der Waals surface area contributed by atoms with Crippen LogP contribution in [0.5, 0.6) is 0 Å². The molecule has 0 spiro atoms. The van der Waals surface area contributed by atoms with E-state index in [9.17, 15) is 9.59 Å². The predicted molar refractivity (Wildman–Crippen MR) is 85.7 cm³/mol. The zero-order valence-electron chi connectivity index (χ0n) is 12.7. The molecule has 114 valence electrons. The maximum absolute atomic E-state index is 11.8. The number of hydrogen-bond donors (Lipinski definition) is 1. The number of rotatable bonds is 6. The zero-order chi connectivity index (χ0) is 14.7. The Kier molecular flexibility index (Phi) is 4.81. The molecule has 0 saturated carbocycles. The van der Waals surface area contributed by atoms with Crippen molar-refractivity contribution in [3.63, 3.8) is 0 Å². The van der Waals surface area contributed by atoms with Gasteiger partial charge in [-0.2, -0.15) is 0 Å². The molecular formula is C15H27N3O2. The molecule has 1 aliphatic rings. The molecule has 5 nitrogen and oxygen atoms in total. The van der Waals surface area contributed by atoms with E-state index in [1.807, 2.05) is 0 Å². The van der Waals surface area contributed by atoms with E-state index in [1.54, 1.807) is 0 Å². The van der Waals surface area contributed by atoms with E-state index in [-0.39, 0.29) is 12.3 Å². The summed E-state index contributed by atoms with van der Waals surface area (Å²) in [5.74, 6) is 0.668. The molecule has 0 aliphatic carbocycles. The molecule has 1 aliphatic heterocycles. The highest BCUT2D eigenvalue weighted by Crippen LogP contribution is 2.21. The summed E-state index contributed by atoms with van der Waals surface area (Å²) in [5, 5.41) is 3.17. The first-order valence-corrected chi connectivity index (χ1v) is 7.51. The topological polar surface area (TPSA) is 52.6 Å². The number of hydrogen-bond acceptors (Lipinski definition) is 5. The minimum absolute atomic E-state index is 0. The highest BCUT2D eigenvalue weighted by molar-refractivity contribution is 5.75. The van der Waals surface area contributed by atoms with E-state index in [1.165, 1.54) is 0 Å². The van der Waals surface area contributed by atoms with Crippen molar-refractivity contribution >= 4 is 11.4 Å². The molecule has 1 heterocycles. The highest BCUT2D eigenvalue weighted by atomic mass is 16.2. The summed E-state index contributed by atoms with van der Waals surface area (Å²) in [7, 11) is 2.07. The predicted octanol–water partition coefficient (Wildman–Crippen LogP) is 1.13. The summed E-state index contributed by atoms with van der Waals surface area (Å²) < 4.78 is 0. The Morgan fingerprint density at radius 1 is 1.15 bits per heavy atom. The fraction of sp³-hybridized carbons (Fsp3) is 0.733. The molecule has 0 amide bonds. The fourth-order valence-corrected chi connectivity index (χ4v) is 2.60. The third-order valence-corrected chi connectivity index (χ3v) is 3.96. The number of nitrogens with one attached hydrogen (secondary N) is 1. The molecule has 20 heavy (non-hydrogen) atoms. The molecule has 1 saturated heterocycles. The molecule has 1 aromatic carbocycles. The average Bonchev–Trinajstić information content (AvgIpc) is 2.42. The van der Waals surface area contributed by atoms with Crippen LogP contribution in [0.1, 0.15) is 28.1 Å². The van der Waals surface area contributed by atoms with Crippen LogP contribution < -0.4 is 21.1 Å². The molecule has 0 aromatic heterocycles. The van der Waals surface area contributed by atoms with Crippen molar-refractivity contribution < 1.29 is 1.43 Å². The summed E-state index contributed by atoms with van der Waals surface area (Å²) >= 11 is 0. The Hall–Kier alpha value is -1.36. The fourth-order valence-electron chi connectivity index (χ4n) is 2.60. The molecule has 1 fully saturated rings. The lowest BCUT2D eigenvalue weighted by molar-refractivity contribution is 0.312. The average molecular weight is 281 g/mol. The van der Waals surface area contributed by atoms with E-state index >= 15 is 0 Å². The van der Waals surface area contributed by atoms with Crippen LogP contribution in [0.15, 0.2) is 9.59 Å². The van der Waals surface area contributed by atoms with Gasteiger partial charge in [0.05, 0.1) is 0 Å². The van der Waals surface area contributed by atoms with Crippen molar-refractivity contribution in [2.24, 2.45) is 5.92 Å². The molecule has 1 N–H and O–H groups in total. The van der Waals surface area contributed by atoms with Gasteiger partial charge in [-0.15, -0.1) is 0 Å². The van der Waals surface area contributed by atoms with Gasteiger partial charge in [0.15, 0.2) is 0 Å². The van der Waals surface area contributed by atoms with Crippen molar-refractivity contribution in [3.05, 3.63) is 20.4 Å². The second-order valence-corrected chi connectivity index (χ2v) is 6.14. The second kappa shape index (κ2) is 6.39. The Morgan fingerprint density at radius 2 is 1.80 bits per heavy atom. The molecule has 5 heteroatoms. The standard InChI is InChI=1S/C15H25N3O2.H2/c1-11(2)5-4-6-16-12-13(15(20)14(12)19)18-9-7-17(3)8-10-18;/h11,16H,4-10H2,1-3H3;1H. The number of anilines is 2. The maximum atomic E-state index is 11.8. The molecule has 1 aromatic rings. The van der Waals surface area contributed by atoms with Crippen molar-refractivity contribution in [2.45, 2.75) is 26.7 Å². The van der Waals surface area contributed by atoms with Gasteiger partial charge in [-0.1, -0.05) is 13.8 Å². The SMILES string of the molecule is CC(C)CCCNc1c(N2CCN(C)CC2)c(=O)c1=O.[HH]. The minimum atomic E-state index is -0.344. The van der Waals surface area contributed by atoms with Gasteiger partial charge in [0.25, 0.3) is 10.9 Å². The molecular weight excluding hydrogens is 254 g/mol. The van der Waals surface area contributed by atoms with E-state index in [0.717, 1.165) is 45.6 Å². The quantitative estimate of drug-likeness (QED) is 0.626. The van der Waals surface area contributed by atoms with Gasteiger partial charge in [0.1, 0.15) is 11.4 Å². The van der Waals surface area contributed by atoms with Crippen molar-refractivity contribution in [1.29, 1.82) is 0 Å². The Bertz CT molecular complexity index is 515. The number of likely N-dealkylation sites (N-methyl/N-ethyl adjacent to an activating group) is 1. The third-order valence-electron chi connectivity index (χ3n) is 3.96. The lowest BCUT2D eigenvalue weighted by atomic mass is 10.1. The van der Waals surface area contributed by atoms with Gasteiger partial charge in [0.2, 0.25) is 0 Å². The largest absolute Gasteiger partial charge is 0.380 e. The van der Waals surface area contributed by atoms with Crippen LogP contribution in [0, 0.1) is 5.92 Å². The van der Waals surface area contributed by atoms with Crippen LogP contribution in [0.2, 0.25) is 0 Å². The third kappa shape index (κ3) is 3.20. The zero-order valence-corrected chi connectivity index (χ0v) is 12.7. The molecule has 0 bridgehead atoms. The molecule has 0 unspecified atom stereocenters. The van der Waals surface area contributed by atoms with E-state index < -0.39 is 0 Å². The van der Waals surface area contributed by atoms with Crippen LogP contribution in [0.3, 0.4) is 0 Å².